The van der Waals surface area contributed by atoms with E-state index >= 15 is 0 Å². The normalized spacial score (nSPS) is 10.8. The topological polar surface area (TPSA) is 56.7 Å². The van der Waals surface area contributed by atoms with E-state index in [0.29, 0.717) is 17.9 Å². The standard InChI is InChI=1S/C11H13FN4S/c1-16-7-14-15-11(16)17-6-9-3-2-8(5-13)4-10(9)12/h2-4,7H,5-6,13H2,1H3. The van der Waals surface area contributed by atoms with Crippen molar-refractivity contribution in [2.24, 2.45) is 12.8 Å². The van der Waals surface area contributed by atoms with Crippen molar-refractivity contribution in [2.45, 2.75) is 17.5 Å². The molecule has 0 aliphatic rings. The van der Waals surface area contributed by atoms with Gasteiger partial charge in [0, 0.05) is 19.3 Å². The lowest BCUT2D eigenvalue weighted by Crippen LogP contribution is -1.98. The highest BCUT2D eigenvalue weighted by molar-refractivity contribution is 7.98. The number of hydrogen-bond donors (Lipinski definition) is 1. The van der Waals surface area contributed by atoms with Gasteiger partial charge >= 0.3 is 0 Å². The third-order valence-electron chi connectivity index (χ3n) is 2.38. The minimum atomic E-state index is -0.220. The van der Waals surface area contributed by atoms with Crippen LogP contribution in [0.2, 0.25) is 0 Å². The van der Waals surface area contributed by atoms with Gasteiger partial charge in [-0.05, 0) is 17.2 Å². The van der Waals surface area contributed by atoms with E-state index < -0.39 is 0 Å². The van der Waals surface area contributed by atoms with Crippen LogP contribution in [0.15, 0.2) is 29.7 Å². The van der Waals surface area contributed by atoms with Gasteiger partial charge in [0.2, 0.25) is 0 Å². The van der Waals surface area contributed by atoms with Crippen molar-refractivity contribution in [1.29, 1.82) is 0 Å². The van der Waals surface area contributed by atoms with Crippen LogP contribution in [0.25, 0.3) is 0 Å². The molecule has 0 atom stereocenters. The first-order chi connectivity index (χ1) is 8.20. The number of aromatic nitrogens is 3. The second-order valence-corrected chi connectivity index (χ2v) is 4.59. The second kappa shape index (κ2) is 5.29. The molecule has 0 aliphatic carbocycles. The van der Waals surface area contributed by atoms with Crippen LogP contribution in [-0.2, 0) is 19.3 Å². The van der Waals surface area contributed by atoms with Gasteiger partial charge in [-0.25, -0.2) is 4.39 Å². The average Bonchev–Trinajstić information content (AvgIpc) is 2.73. The first-order valence-electron chi connectivity index (χ1n) is 5.15. The van der Waals surface area contributed by atoms with Gasteiger partial charge < -0.3 is 10.3 Å². The summed E-state index contributed by atoms with van der Waals surface area (Å²) >= 11 is 1.45. The molecule has 2 N–H and O–H groups in total. The molecule has 0 aliphatic heterocycles. The number of benzene rings is 1. The number of thioether (sulfide) groups is 1. The SMILES string of the molecule is Cn1cnnc1SCc1ccc(CN)cc1F. The van der Waals surface area contributed by atoms with Gasteiger partial charge in [0.1, 0.15) is 12.1 Å². The van der Waals surface area contributed by atoms with Crippen LogP contribution in [0, 0.1) is 5.82 Å². The Morgan fingerprint density at radius 1 is 1.47 bits per heavy atom. The van der Waals surface area contributed by atoms with E-state index in [-0.39, 0.29) is 5.82 Å². The van der Waals surface area contributed by atoms with Crippen LogP contribution in [0.3, 0.4) is 0 Å². The molecule has 0 amide bonds. The first kappa shape index (κ1) is 12.1. The van der Waals surface area contributed by atoms with E-state index in [0.717, 1.165) is 10.7 Å². The molecule has 1 aromatic heterocycles. The Hall–Kier alpha value is -1.40. The molecular formula is C11H13FN4S. The third-order valence-corrected chi connectivity index (χ3v) is 3.46. The lowest BCUT2D eigenvalue weighted by Gasteiger charge is -2.04. The molecule has 17 heavy (non-hydrogen) atoms. The van der Waals surface area contributed by atoms with E-state index in [4.69, 9.17) is 5.73 Å². The zero-order chi connectivity index (χ0) is 12.3. The van der Waals surface area contributed by atoms with Crippen molar-refractivity contribution < 1.29 is 4.39 Å². The van der Waals surface area contributed by atoms with E-state index in [9.17, 15) is 4.39 Å². The Labute approximate surface area is 103 Å². The largest absolute Gasteiger partial charge is 0.326 e. The molecule has 6 heteroatoms. The van der Waals surface area contributed by atoms with Crippen molar-refractivity contribution in [3.63, 3.8) is 0 Å². The van der Waals surface area contributed by atoms with Gasteiger partial charge in [-0.2, -0.15) is 0 Å². The van der Waals surface area contributed by atoms with E-state index in [1.807, 2.05) is 13.1 Å². The Balaban J connectivity index is 2.07. The molecule has 0 fully saturated rings. The van der Waals surface area contributed by atoms with Gasteiger partial charge in [-0.3, -0.25) is 0 Å². The molecule has 0 spiro atoms. The quantitative estimate of drug-likeness (QED) is 0.842. The van der Waals surface area contributed by atoms with Crippen LogP contribution in [0.5, 0.6) is 0 Å². The van der Waals surface area contributed by atoms with E-state index in [1.165, 1.54) is 17.8 Å². The Morgan fingerprint density at radius 3 is 2.88 bits per heavy atom. The maximum Gasteiger partial charge on any atom is 0.191 e. The smallest absolute Gasteiger partial charge is 0.191 e. The van der Waals surface area contributed by atoms with Gasteiger partial charge in [0.15, 0.2) is 5.16 Å². The molecule has 0 unspecified atom stereocenters. The van der Waals surface area contributed by atoms with Crippen molar-refractivity contribution in [3.05, 3.63) is 41.5 Å². The maximum atomic E-state index is 13.7. The summed E-state index contributed by atoms with van der Waals surface area (Å²) in [6.07, 6.45) is 1.62. The van der Waals surface area contributed by atoms with Crippen molar-refractivity contribution in [2.75, 3.05) is 0 Å². The van der Waals surface area contributed by atoms with Gasteiger partial charge in [-0.1, -0.05) is 23.9 Å². The highest BCUT2D eigenvalue weighted by Crippen LogP contribution is 2.22. The van der Waals surface area contributed by atoms with E-state index in [2.05, 4.69) is 10.2 Å². The molecule has 2 aromatic rings. The lowest BCUT2D eigenvalue weighted by molar-refractivity contribution is 0.615. The first-order valence-corrected chi connectivity index (χ1v) is 6.13. The van der Waals surface area contributed by atoms with Gasteiger partial charge in [0.05, 0.1) is 0 Å². The zero-order valence-corrected chi connectivity index (χ0v) is 10.2. The fraction of sp³-hybridized carbons (Fsp3) is 0.273. The predicted molar refractivity (Wildman–Crippen MR) is 64.9 cm³/mol. The summed E-state index contributed by atoms with van der Waals surface area (Å²) in [5.74, 6) is 0.311. The Morgan fingerprint density at radius 2 is 2.29 bits per heavy atom. The fourth-order valence-corrected chi connectivity index (χ4v) is 2.25. The van der Waals surface area contributed by atoms with Crippen LogP contribution in [0.1, 0.15) is 11.1 Å². The van der Waals surface area contributed by atoms with Crippen LogP contribution in [0.4, 0.5) is 4.39 Å². The van der Waals surface area contributed by atoms with Crippen molar-refractivity contribution in [3.8, 4) is 0 Å². The Bertz CT molecular complexity index is 512. The second-order valence-electron chi connectivity index (χ2n) is 3.64. The fourth-order valence-electron chi connectivity index (χ4n) is 1.38. The molecule has 1 aromatic carbocycles. The number of aryl methyl sites for hydroxylation is 1. The summed E-state index contributed by atoms with van der Waals surface area (Å²) in [5, 5.41) is 8.46. The summed E-state index contributed by atoms with van der Waals surface area (Å²) in [6, 6.07) is 5.09. The maximum absolute atomic E-state index is 13.7. The van der Waals surface area contributed by atoms with Crippen LogP contribution >= 0.6 is 11.8 Å². The predicted octanol–water partition coefficient (Wildman–Crippen LogP) is 1.71. The van der Waals surface area contributed by atoms with Gasteiger partial charge in [-0.15, -0.1) is 10.2 Å². The van der Waals surface area contributed by atoms with Gasteiger partial charge in [0.25, 0.3) is 0 Å². The Kier molecular flexibility index (Phi) is 3.75. The number of hydrogen-bond acceptors (Lipinski definition) is 4. The number of rotatable bonds is 4. The molecule has 2 rings (SSSR count). The number of nitrogens with zero attached hydrogens (tertiary/aromatic N) is 3. The molecule has 4 nitrogen and oxygen atoms in total. The minimum absolute atomic E-state index is 0.220. The molecule has 90 valence electrons. The summed E-state index contributed by atoms with van der Waals surface area (Å²) in [6.45, 7) is 0.355. The van der Waals surface area contributed by atoms with Crippen molar-refractivity contribution >= 4 is 11.8 Å². The molecule has 0 radical (unpaired) electrons. The molecule has 0 saturated carbocycles. The summed E-state index contributed by atoms with van der Waals surface area (Å²) in [7, 11) is 1.86. The lowest BCUT2D eigenvalue weighted by atomic mass is 10.1. The number of nitrogens with two attached hydrogens (primary N) is 1. The summed E-state index contributed by atoms with van der Waals surface area (Å²) in [5.41, 5.74) is 6.90. The molecule has 0 saturated heterocycles. The number of halogens is 1. The molecular weight excluding hydrogens is 239 g/mol. The third kappa shape index (κ3) is 2.83. The minimum Gasteiger partial charge on any atom is -0.326 e. The van der Waals surface area contributed by atoms with Crippen LogP contribution < -0.4 is 5.73 Å². The highest BCUT2D eigenvalue weighted by atomic mass is 32.2. The van der Waals surface area contributed by atoms with Crippen LogP contribution in [-0.4, -0.2) is 14.8 Å². The zero-order valence-electron chi connectivity index (χ0n) is 9.43. The summed E-state index contributed by atoms with van der Waals surface area (Å²) in [4.78, 5) is 0. The molecule has 0 bridgehead atoms. The summed E-state index contributed by atoms with van der Waals surface area (Å²) < 4.78 is 15.5. The monoisotopic (exact) mass is 252 g/mol. The van der Waals surface area contributed by atoms with Crippen molar-refractivity contribution in [1.82, 2.24) is 14.8 Å². The molecule has 1 heterocycles. The average molecular weight is 252 g/mol. The van der Waals surface area contributed by atoms with E-state index in [1.54, 1.807) is 17.0 Å². The highest BCUT2D eigenvalue weighted by Gasteiger charge is 2.06.